The predicted molar refractivity (Wildman–Crippen MR) is 138 cm³/mol. The molecule has 2 aromatic rings. The second-order valence-corrected chi connectivity index (χ2v) is 8.89. The third-order valence-electron chi connectivity index (χ3n) is 7.30. The van der Waals surface area contributed by atoms with Gasteiger partial charge < -0.3 is 15.1 Å². The Bertz CT molecular complexity index is 865. The first-order chi connectivity index (χ1) is 16.2. The van der Waals surface area contributed by atoms with Gasteiger partial charge in [-0.1, -0.05) is 33.8 Å². The van der Waals surface area contributed by atoms with Crippen molar-refractivity contribution in [1.82, 2.24) is 15.2 Å². The van der Waals surface area contributed by atoms with Crippen molar-refractivity contribution in [2.45, 2.75) is 66.3 Å². The summed E-state index contributed by atoms with van der Waals surface area (Å²) in [5, 5.41) is 3.41. The molecular formula is C28H42N4O. The summed E-state index contributed by atoms with van der Waals surface area (Å²) in [4.78, 5) is 21.8. The zero-order chi connectivity index (χ0) is 23.7. The van der Waals surface area contributed by atoms with Crippen molar-refractivity contribution in [2.75, 3.05) is 37.6 Å². The second-order valence-electron chi connectivity index (χ2n) is 8.89. The Hall–Kier alpha value is -2.40. The van der Waals surface area contributed by atoms with Crippen molar-refractivity contribution in [3.63, 3.8) is 0 Å². The third-order valence-corrected chi connectivity index (χ3v) is 7.30. The second kappa shape index (κ2) is 12.2. The third kappa shape index (κ3) is 5.94. The number of amides is 1. The summed E-state index contributed by atoms with van der Waals surface area (Å²) in [6, 6.07) is 10.5. The van der Waals surface area contributed by atoms with Crippen LogP contribution in [0.4, 0.5) is 5.69 Å². The standard InChI is InChI=1S/C24H30N4O.2C2H6/c29-23(20-2-1-19-3-10-26-18-21(19)17-20)28-15-8-24(9-16-28)6-13-27(14-7-24)22-4-11-25-12-5-22;2*1-2/h1-2,4-5,11-12,17,26H,3,6-10,13-16,18H2;2*1-2H3. The Kier molecular flexibility index (Phi) is 9.30. The number of aromatic nitrogens is 1. The van der Waals surface area contributed by atoms with Crippen molar-refractivity contribution in [1.29, 1.82) is 0 Å². The Labute approximate surface area is 200 Å². The van der Waals surface area contributed by atoms with Gasteiger partial charge in [-0.25, -0.2) is 0 Å². The van der Waals surface area contributed by atoms with E-state index in [4.69, 9.17) is 0 Å². The summed E-state index contributed by atoms with van der Waals surface area (Å²) < 4.78 is 0. The van der Waals surface area contributed by atoms with Gasteiger partial charge in [-0.15, -0.1) is 0 Å². The lowest BCUT2D eigenvalue weighted by Gasteiger charge is -2.47. The highest BCUT2D eigenvalue weighted by Gasteiger charge is 2.38. The van der Waals surface area contributed by atoms with E-state index < -0.39 is 0 Å². The highest BCUT2D eigenvalue weighted by molar-refractivity contribution is 5.94. The molecule has 5 rings (SSSR count). The molecule has 3 aliphatic heterocycles. The first-order valence-electron chi connectivity index (χ1n) is 13.0. The monoisotopic (exact) mass is 450 g/mol. The summed E-state index contributed by atoms with van der Waals surface area (Å²) in [6.45, 7) is 13.9. The minimum absolute atomic E-state index is 0.211. The van der Waals surface area contributed by atoms with Gasteiger partial charge in [0.25, 0.3) is 5.91 Å². The number of likely N-dealkylation sites (tertiary alicyclic amines) is 1. The van der Waals surface area contributed by atoms with Gasteiger partial charge in [-0.05, 0) is 79.5 Å². The largest absolute Gasteiger partial charge is 0.371 e. The van der Waals surface area contributed by atoms with Crippen LogP contribution in [-0.2, 0) is 13.0 Å². The van der Waals surface area contributed by atoms with E-state index in [0.717, 1.165) is 64.1 Å². The fourth-order valence-corrected chi connectivity index (χ4v) is 5.27. The molecule has 180 valence electrons. The van der Waals surface area contributed by atoms with Gasteiger partial charge in [0.05, 0.1) is 0 Å². The van der Waals surface area contributed by atoms with E-state index in [1.807, 2.05) is 46.2 Å². The number of benzene rings is 1. The average molecular weight is 451 g/mol. The normalized spacial score (nSPS) is 18.9. The Morgan fingerprint density at radius 1 is 0.879 bits per heavy atom. The summed E-state index contributed by atoms with van der Waals surface area (Å²) in [6.07, 6.45) is 9.53. The number of hydrogen-bond donors (Lipinski definition) is 1. The molecule has 2 fully saturated rings. The molecule has 5 heteroatoms. The summed E-state index contributed by atoms with van der Waals surface area (Å²) in [5.41, 5.74) is 5.23. The highest BCUT2D eigenvalue weighted by atomic mass is 16.2. The SMILES string of the molecule is CC.CC.O=C(c1ccc2c(c1)CNCC2)N1CCC2(CC1)CCN(c1ccncc1)CC2. The maximum atomic E-state index is 13.1. The maximum absolute atomic E-state index is 13.1. The number of carbonyl (C=O) groups is 1. The van der Waals surface area contributed by atoms with Gasteiger partial charge in [0.1, 0.15) is 0 Å². The molecular weight excluding hydrogens is 408 g/mol. The molecule has 1 spiro atoms. The van der Waals surface area contributed by atoms with Crippen molar-refractivity contribution >= 4 is 11.6 Å². The van der Waals surface area contributed by atoms with E-state index in [-0.39, 0.29) is 5.91 Å². The van der Waals surface area contributed by atoms with Crippen molar-refractivity contribution in [3.8, 4) is 0 Å². The molecule has 1 aromatic carbocycles. The van der Waals surface area contributed by atoms with Gasteiger partial charge in [0.15, 0.2) is 0 Å². The van der Waals surface area contributed by atoms with E-state index in [2.05, 4.69) is 44.4 Å². The van der Waals surface area contributed by atoms with Crippen LogP contribution in [0.5, 0.6) is 0 Å². The van der Waals surface area contributed by atoms with Crippen LogP contribution in [0.2, 0.25) is 0 Å². The number of hydrogen-bond acceptors (Lipinski definition) is 4. The van der Waals surface area contributed by atoms with Crippen LogP contribution in [0.3, 0.4) is 0 Å². The minimum Gasteiger partial charge on any atom is -0.371 e. The quantitative estimate of drug-likeness (QED) is 0.674. The lowest BCUT2D eigenvalue weighted by Crippen LogP contribution is -2.48. The van der Waals surface area contributed by atoms with Crippen LogP contribution in [0.15, 0.2) is 42.7 Å². The number of piperidine rings is 2. The Balaban J connectivity index is 0.000000728. The maximum Gasteiger partial charge on any atom is 0.253 e. The molecule has 4 heterocycles. The summed E-state index contributed by atoms with van der Waals surface area (Å²) in [5.74, 6) is 0.211. The van der Waals surface area contributed by atoms with Crippen molar-refractivity contribution < 1.29 is 4.79 Å². The molecule has 0 aliphatic carbocycles. The van der Waals surface area contributed by atoms with E-state index in [0.29, 0.717) is 5.41 Å². The molecule has 33 heavy (non-hydrogen) atoms. The molecule has 3 aliphatic rings. The van der Waals surface area contributed by atoms with Gasteiger partial charge in [-0.3, -0.25) is 9.78 Å². The van der Waals surface area contributed by atoms with Crippen LogP contribution in [0.1, 0.15) is 74.9 Å². The van der Waals surface area contributed by atoms with E-state index >= 15 is 0 Å². The topological polar surface area (TPSA) is 48.5 Å². The van der Waals surface area contributed by atoms with E-state index in [1.54, 1.807) is 0 Å². The Morgan fingerprint density at radius 2 is 1.52 bits per heavy atom. The van der Waals surface area contributed by atoms with Gasteiger partial charge in [0.2, 0.25) is 0 Å². The zero-order valence-electron chi connectivity index (χ0n) is 21.1. The fraction of sp³-hybridized carbons (Fsp3) is 0.571. The number of nitrogens with one attached hydrogen (secondary N) is 1. The highest BCUT2D eigenvalue weighted by Crippen LogP contribution is 2.42. The number of pyridine rings is 1. The molecule has 0 saturated carbocycles. The number of fused-ring (bicyclic) bond motifs is 1. The van der Waals surface area contributed by atoms with Crippen LogP contribution < -0.4 is 10.2 Å². The molecule has 2 saturated heterocycles. The van der Waals surface area contributed by atoms with Gasteiger partial charge in [0, 0.05) is 56.4 Å². The molecule has 1 amide bonds. The lowest BCUT2D eigenvalue weighted by atomic mass is 9.71. The molecule has 1 aromatic heterocycles. The first-order valence-corrected chi connectivity index (χ1v) is 13.0. The molecule has 0 unspecified atom stereocenters. The first kappa shape index (κ1) is 25.2. The number of rotatable bonds is 2. The van der Waals surface area contributed by atoms with Crippen LogP contribution in [-0.4, -0.2) is 48.5 Å². The average Bonchev–Trinajstić information content (AvgIpc) is 2.92. The van der Waals surface area contributed by atoms with Gasteiger partial charge in [-0.2, -0.15) is 0 Å². The lowest BCUT2D eigenvalue weighted by molar-refractivity contribution is 0.0515. The fourth-order valence-electron chi connectivity index (χ4n) is 5.27. The van der Waals surface area contributed by atoms with E-state index in [1.165, 1.54) is 29.7 Å². The molecule has 0 radical (unpaired) electrons. The molecule has 1 N–H and O–H groups in total. The van der Waals surface area contributed by atoms with Crippen LogP contribution in [0, 0.1) is 5.41 Å². The Morgan fingerprint density at radius 3 is 2.18 bits per heavy atom. The van der Waals surface area contributed by atoms with Crippen LogP contribution >= 0.6 is 0 Å². The van der Waals surface area contributed by atoms with Gasteiger partial charge >= 0.3 is 0 Å². The summed E-state index contributed by atoms with van der Waals surface area (Å²) in [7, 11) is 0. The number of nitrogens with zero attached hydrogens (tertiary/aromatic N) is 3. The van der Waals surface area contributed by atoms with E-state index in [9.17, 15) is 4.79 Å². The van der Waals surface area contributed by atoms with Crippen molar-refractivity contribution in [2.24, 2.45) is 5.41 Å². The van der Waals surface area contributed by atoms with Crippen molar-refractivity contribution in [3.05, 3.63) is 59.4 Å². The summed E-state index contributed by atoms with van der Waals surface area (Å²) >= 11 is 0. The van der Waals surface area contributed by atoms with Crippen LogP contribution in [0.25, 0.3) is 0 Å². The molecule has 0 atom stereocenters. The smallest absolute Gasteiger partial charge is 0.253 e. The molecule has 0 bridgehead atoms. The predicted octanol–water partition coefficient (Wildman–Crippen LogP) is 5.30. The number of anilines is 1. The molecule has 5 nitrogen and oxygen atoms in total. The minimum atomic E-state index is 0.211. The number of carbonyl (C=O) groups excluding carboxylic acids is 1. The zero-order valence-corrected chi connectivity index (χ0v) is 21.1.